The Morgan fingerprint density at radius 2 is 2.36 bits per heavy atom. The average molecular weight is 188 g/mol. The third-order valence-electron chi connectivity index (χ3n) is 1.47. The van der Waals surface area contributed by atoms with E-state index in [0.717, 1.165) is 22.5 Å². The minimum atomic E-state index is 0.714. The van der Waals surface area contributed by atoms with E-state index in [2.05, 4.69) is 23.7 Å². The number of hydrogen-bond acceptors (Lipinski definition) is 3. The van der Waals surface area contributed by atoms with Gasteiger partial charge in [-0.25, -0.2) is 0 Å². The summed E-state index contributed by atoms with van der Waals surface area (Å²) in [6.45, 7) is 5.89. The van der Waals surface area contributed by atoms with E-state index in [1.54, 1.807) is 11.8 Å². The van der Waals surface area contributed by atoms with Gasteiger partial charge in [-0.1, -0.05) is 30.9 Å². The molecule has 0 saturated carbocycles. The molecule has 0 amide bonds. The van der Waals surface area contributed by atoms with E-state index in [0.29, 0.717) is 6.54 Å². The van der Waals surface area contributed by atoms with E-state index in [1.165, 1.54) is 0 Å². The summed E-state index contributed by atoms with van der Waals surface area (Å²) in [7, 11) is 0. The first-order valence-electron chi connectivity index (χ1n) is 3.77. The summed E-state index contributed by atoms with van der Waals surface area (Å²) >= 11 is 6.89. The number of thiocarbonyl (C=S) groups is 1. The Hall–Kier alpha value is -0.0900. The first-order valence-corrected chi connectivity index (χ1v) is 5.16. The standard InChI is InChI=1S/C7H12N2S2/c1-3-9-6(10)5-8-7(9)11-4-2/h3-5H2,1-2H3. The van der Waals surface area contributed by atoms with Crippen molar-refractivity contribution in [2.24, 2.45) is 4.99 Å². The highest BCUT2D eigenvalue weighted by Gasteiger charge is 2.19. The number of rotatable bonds is 2. The van der Waals surface area contributed by atoms with Crippen molar-refractivity contribution in [1.29, 1.82) is 0 Å². The molecule has 0 radical (unpaired) electrons. The maximum atomic E-state index is 5.13. The molecule has 1 heterocycles. The topological polar surface area (TPSA) is 15.6 Å². The molecule has 0 atom stereocenters. The van der Waals surface area contributed by atoms with Gasteiger partial charge in [0.15, 0.2) is 5.17 Å². The molecule has 11 heavy (non-hydrogen) atoms. The summed E-state index contributed by atoms with van der Waals surface area (Å²) in [6.07, 6.45) is 0. The largest absolute Gasteiger partial charge is 0.314 e. The zero-order valence-corrected chi connectivity index (χ0v) is 8.47. The van der Waals surface area contributed by atoms with Gasteiger partial charge in [0.05, 0.1) is 6.54 Å². The lowest BCUT2D eigenvalue weighted by Gasteiger charge is -2.16. The van der Waals surface area contributed by atoms with Crippen LogP contribution in [0.4, 0.5) is 0 Å². The molecule has 0 bridgehead atoms. The molecule has 0 aromatic rings. The van der Waals surface area contributed by atoms with Crippen LogP contribution in [0, 0.1) is 0 Å². The number of likely N-dealkylation sites (N-methyl/N-ethyl adjacent to an activating group) is 1. The van der Waals surface area contributed by atoms with Crippen LogP contribution in [0.5, 0.6) is 0 Å². The van der Waals surface area contributed by atoms with E-state index in [1.807, 2.05) is 0 Å². The third-order valence-corrected chi connectivity index (χ3v) is 2.72. The van der Waals surface area contributed by atoms with E-state index in [-0.39, 0.29) is 0 Å². The number of amidine groups is 1. The molecule has 0 aromatic heterocycles. The summed E-state index contributed by atoms with van der Waals surface area (Å²) < 4.78 is 0. The van der Waals surface area contributed by atoms with Gasteiger partial charge >= 0.3 is 0 Å². The molecular weight excluding hydrogens is 176 g/mol. The summed E-state index contributed by atoms with van der Waals surface area (Å²) in [5, 5.41) is 1.10. The van der Waals surface area contributed by atoms with Crippen LogP contribution in [0.1, 0.15) is 13.8 Å². The molecule has 0 aromatic carbocycles. The number of nitrogens with zero attached hydrogens (tertiary/aromatic N) is 2. The minimum Gasteiger partial charge on any atom is -0.314 e. The molecule has 0 unspecified atom stereocenters. The molecule has 2 nitrogen and oxygen atoms in total. The van der Waals surface area contributed by atoms with Crippen LogP contribution in [0.25, 0.3) is 0 Å². The second-order valence-electron chi connectivity index (χ2n) is 2.17. The van der Waals surface area contributed by atoms with Crippen molar-refractivity contribution in [3.8, 4) is 0 Å². The molecule has 1 rings (SSSR count). The van der Waals surface area contributed by atoms with Crippen LogP contribution in [0.15, 0.2) is 4.99 Å². The average Bonchev–Trinajstić information content (AvgIpc) is 2.33. The second kappa shape index (κ2) is 4.07. The molecule has 1 aliphatic rings. The highest BCUT2D eigenvalue weighted by molar-refractivity contribution is 8.13. The van der Waals surface area contributed by atoms with Crippen molar-refractivity contribution in [3.05, 3.63) is 0 Å². The zero-order valence-electron chi connectivity index (χ0n) is 6.83. The Kier molecular flexibility index (Phi) is 3.33. The molecular formula is C7H12N2S2. The lowest BCUT2D eigenvalue weighted by molar-refractivity contribution is 0.679. The predicted molar refractivity (Wildman–Crippen MR) is 55.4 cm³/mol. The van der Waals surface area contributed by atoms with E-state index < -0.39 is 0 Å². The van der Waals surface area contributed by atoms with Crippen molar-refractivity contribution >= 4 is 34.1 Å². The fourth-order valence-electron chi connectivity index (χ4n) is 0.977. The molecule has 0 saturated heterocycles. The summed E-state index contributed by atoms with van der Waals surface area (Å²) in [5.74, 6) is 1.07. The van der Waals surface area contributed by atoms with Gasteiger partial charge in [0, 0.05) is 6.54 Å². The minimum absolute atomic E-state index is 0.714. The van der Waals surface area contributed by atoms with Gasteiger partial charge in [-0.3, -0.25) is 4.99 Å². The number of hydrogen-bond donors (Lipinski definition) is 0. The van der Waals surface area contributed by atoms with Gasteiger partial charge in [-0.05, 0) is 12.7 Å². The third kappa shape index (κ3) is 1.93. The Morgan fingerprint density at radius 3 is 2.91 bits per heavy atom. The highest BCUT2D eigenvalue weighted by Crippen LogP contribution is 2.14. The summed E-state index contributed by atoms with van der Waals surface area (Å²) in [4.78, 5) is 7.39. The number of aliphatic imine (C=N–C) groups is 1. The van der Waals surface area contributed by atoms with Gasteiger partial charge in [-0.2, -0.15) is 0 Å². The smallest absolute Gasteiger partial charge is 0.164 e. The molecule has 4 heteroatoms. The van der Waals surface area contributed by atoms with Crippen LogP contribution in [0.3, 0.4) is 0 Å². The Morgan fingerprint density at radius 1 is 1.64 bits per heavy atom. The van der Waals surface area contributed by atoms with Gasteiger partial charge in [0.1, 0.15) is 4.99 Å². The highest BCUT2D eigenvalue weighted by atomic mass is 32.2. The van der Waals surface area contributed by atoms with E-state index in [4.69, 9.17) is 12.2 Å². The van der Waals surface area contributed by atoms with Crippen molar-refractivity contribution < 1.29 is 0 Å². The molecule has 0 spiro atoms. The van der Waals surface area contributed by atoms with Crippen LogP contribution >= 0.6 is 24.0 Å². The Bertz CT molecular complexity index is 189. The van der Waals surface area contributed by atoms with Crippen LogP contribution in [-0.2, 0) is 0 Å². The lowest BCUT2D eigenvalue weighted by atomic mass is 10.6. The normalized spacial score (nSPS) is 17.5. The van der Waals surface area contributed by atoms with Crippen molar-refractivity contribution in [1.82, 2.24) is 4.90 Å². The maximum absolute atomic E-state index is 5.13. The molecule has 1 aliphatic heterocycles. The van der Waals surface area contributed by atoms with Gasteiger partial charge < -0.3 is 4.90 Å². The molecule has 0 fully saturated rings. The van der Waals surface area contributed by atoms with Gasteiger partial charge in [0.25, 0.3) is 0 Å². The SMILES string of the molecule is CCSC1=NCC(=S)N1CC. The molecule has 0 N–H and O–H groups in total. The van der Waals surface area contributed by atoms with E-state index in [9.17, 15) is 0 Å². The lowest BCUT2D eigenvalue weighted by Crippen LogP contribution is -2.29. The quantitative estimate of drug-likeness (QED) is 0.614. The number of thioether (sulfide) groups is 1. The first kappa shape index (κ1) is 9.00. The zero-order chi connectivity index (χ0) is 8.27. The molecule has 0 aliphatic carbocycles. The summed E-state index contributed by atoms with van der Waals surface area (Å²) in [6, 6.07) is 0. The van der Waals surface area contributed by atoms with Crippen molar-refractivity contribution in [2.75, 3.05) is 18.8 Å². The fraction of sp³-hybridized carbons (Fsp3) is 0.714. The van der Waals surface area contributed by atoms with E-state index >= 15 is 0 Å². The van der Waals surface area contributed by atoms with Gasteiger partial charge in [0.2, 0.25) is 0 Å². The molecule has 62 valence electrons. The first-order chi connectivity index (χ1) is 5.29. The van der Waals surface area contributed by atoms with Gasteiger partial charge in [-0.15, -0.1) is 0 Å². The summed E-state index contributed by atoms with van der Waals surface area (Å²) in [5.41, 5.74) is 0. The van der Waals surface area contributed by atoms with Crippen LogP contribution in [-0.4, -0.2) is 33.9 Å². The Labute approximate surface area is 77.1 Å². The van der Waals surface area contributed by atoms with Crippen LogP contribution < -0.4 is 0 Å². The van der Waals surface area contributed by atoms with Crippen molar-refractivity contribution in [3.63, 3.8) is 0 Å². The Balaban J connectivity index is 2.58. The predicted octanol–water partition coefficient (Wildman–Crippen LogP) is 1.76. The second-order valence-corrected chi connectivity index (χ2v) is 3.87. The fourth-order valence-corrected chi connectivity index (χ4v) is 2.12. The monoisotopic (exact) mass is 188 g/mol. The van der Waals surface area contributed by atoms with Crippen molar-refractivity contribution in [2.45, 2.75) is 13.8 Å². The maximum Gasteiger partial charge on any atom is 0.164 e. The van der Waals surface area contributed by atoms with Crippen LogP contribution in [0.2, 0.25) is 0 Å².